The molecule has 6 heteroatoms. The summed E-state index contributed by atoms with van der Waals surface area (Å²) in [5.74, 6) is 0.958. The molecule has 1 heterocycles. The maximum Gasteiger partial charge on any atom is 0.263 e. The van der Waals surface area contributed by atoms with Gasteiger partial charge in [-0.2, -0.15) is 0 Å². The highest BCUT2D eigenvalue weighted by molar-refractivity contribution is 7.92. The molecule has 5 nitrogen and oxygen atoms in total. The first kappa shape index (κ1) is 16.3. The molecule has 22 heavy (non-hydrogen) atoms. The van der Waals surface area contributed by atoms with E-state index < -0.39 is 10.0 Å². The Bertz CT molecular complexity index is 751. The highest BCUT2D eigenvalue weighted by Crippen LogP contribution is 2.33. The number of pyridine rings is 1. The Hall–Kier alpha value is -2.08. The fourth-order valence-corrected chi connectivity index (χ4v) is 3.09. The molecule has 0 atom stereocenters. The van der Waals surface area contributed by atoms with Gasteiger partial charge in [0.2, 0.25) is 0 Å². The summed E-state index contributed by atoms with van der Waals surface area (Å²) in [6.07, 6.45) is 1.53. The van der Waals surface area contributed by atoms with Crippen LogP contribution in [0.25, 0.3) is 0 Å². The third-order valence-electron chi connectivity index (χ3n) is 3.19. The maximum absolute atomic E-state index is 12.5. The van der Waals surface area contributed by atoms with Gasteiger partial charge in [-0.3, -0.25) is 4.72 Å². The Labute approximate surface area is 131 Å². The highest BCUT2D eigenvalue weighted by Gasteiger charge is 2.23. The van der Waals surface area contributed by atoms with Gasteiger partial charge < -0.3 is 4.74 Å². The van der Waals surface area contributed by atoms with Crippen LogP contribution in [-0.4, -0.2) is 20.5 Å². The average Bonchev–Trinajstić information content (AvgIpc) is 2.46. The second-order valence-corrected chi connectivity index (χ2v) is 7.61. The fourth-order valence-electron chi connectivity index (χ4n) is 2.06. The lowest BCUT2D eigenvalue weighted by Crippen LogP contribution is -2.17. The van der Waals surface area contributed by atoms with Crippen molar-refractivity contribution >= 4 is 15.8 Å². The van der Waals surface area contributed by atoms with Gasteiger partial charge in [-0.05, 0) is 35.7 Å². The number of ether oxygens (including phenoxy) is 1. The predicted molar refractivity (Wildman–Crippen MR) is 86.7 cm³/mol. The molecule has 0 saturated carbocycles. The number of anilines is 1. The number of hydrogen-bond donors (Lipinski definition) is 1. The SMILES string of the molecule is COc1ccc(S(=O)(=O)Nc2ccccn2)cc1C(C)(C)C. The standard InChI is InChI=1S/C16H20N2O3S/c1-16(2,3)13-11-12(8-9-14(13)21-4)22(19,20)18-15-7-5-6-10-17-15/h5-11H,1-4H3,(H,17,18). The number of benzene rings is 1. The maximum atomic E-state index is 12.5. The molecule has 0 aliphatic rings. The van der Waals surface area contributed by atoms with Crippen molar-refractivity contribution in [2.75, 3.05) is 11.8 Å². The van der Waals surface area contributed by atoms with Crippen molar-refractivity contribution in [1.29, 1.82) is 0 Å². The molecule has 0 saturated heterocycles. The monoisotopic (exact) mass is 320 g/mol. The molecule has 0 amide bonds. The van der Waals surface area contributed by atoms with Crippen molar-refractivity contribution in [2.45, 2.75) is 31.1 Å². The largest absolute Gasteiger partial charge is 0.496 e. The fraction of sp³-hybridized carbons (Fsp3) is 0.312. The van der Waals surface area contributed by atoms with Gasteiger partial charge in [0.05, 0.1) is 12.0 Å². The van der Waals surface area contributed by atoms with E-state index in [-0.39, 0.29) is 16.1 Å². The molecule has 1 aromatic carbocycles. The van der Waals surface area contributed by atoms with Crippen LogP contribution in [0.4, 0.5) is 5.82 Å². The lowest BCUT2D eigenvalue weighted by atomic mass is 9.86. The van der Waals surface area contributed by atoms with Crippen molar-refractivity contribution in [1.82, 2.24) is 4.98 Å². The Balaban J connectivity index is 2.44. The van der Waals surface area contributed by atoms with E-state index in [1.165, 1.54) is 12.3 Å². The summed E-state index contributed by atoms with van der Waals surface area (Å²) in [6, 6.07) is 9.89. The van der Waals surface area contributed by atoms with E-state index in [1.54, 1.807) is 37.4 Å². The molecule has 1 aromatic heterocycles. The van der Waals surface area contributed by atoms with E-state index in [4.69, 9.17) is 4.74 Å². The number of rotatable bonds is 4. The topological polar surface area (TPSA) is 68.3 Å². The van der Waals surface area contributed by atoms with Crippen LogP contribution in [-0.2, 0) is 15.4 Å². The van der Waals surface area contributed by atoms with E-state index in [2.05, 4.69) is 9.71 Å². The zero-order chi connectivity index (χ0) is 16.4. The zero-order valence-corrected chi connectivity index (χ0v) is 13.9. The van der Waals surface area contributed by atoms with Crippen LogP contribution in [0.3, 0.4) is 0 Å². The number of nitrogens with one attached hydrogen (secondary N) is 1. The molecule has 0 aliphatic carbocycles. The minimum Gasteiger partial charge on any atom is -0.496 e. The minimum absolute atomic E-state index is 0.184. The number of aromatic nitrogens is 1. The number of nitrogens with zero attached hydrogens (tertiary/aromatic N) is 1. The predicted octanol–water partition coefficient (Wildman–Crippen LogP) is 3.19. The smallest absolute Gasteiger partial charge is 0.263 e. The summed E-state index contributed by atoms with van der Waals surface area (Å²) in [7, 11) is -2.11. The van der Waals surface area contributed by atoms with Crippen molar-refractivity contribution in [3.8, 4) is 5.75 Å². The van der Waals surface area contributed by atoms with Gasteiger partial charge in [-0.15, -0.1) is 0 Å². The molecular formula is C16H20N2O3S. The average molecular weight is 320 g/mol. The first-order chi connectivity index (χ1) is 10.2. The molecule has 0 unspecified atom stereocenters. The lowest BCUT2D eigenvalue weighted by Gasteiger charge is -2.22. The van der Waals surface area contributed by atoms with Gasteiger partial charge in [0.1, 0.15) is 11.6 Å². The third-order valence-corrected chi connectivity index (χ3v) is 4.55. The van der Waals surface area contributed by atoms with Crippen LogP contribution in [0.15, 0.2) is 47.5 Å². The summed E-state index contributed by atoms with van der Waals surface area (Å²) < 4.78 is 32.8. The van der Waals surface area contributed by atoms with Crippen molar-refractivity contribution in [3.05, 3.63) is 48.2 Å². The molecule has 0 aliphatic heterocycles. The summed E-state index contributed by atoms with van der Waals surface area (Å²) in [5, 5.41) is 0. The third kappa shape index (κ3) is 3.57. The van der Waals surface area contributed by atoms with Crippen LogP contribution in [0.2, 0.25) is 0 Å². The lowest BCUT2D eigenvalue weighted by molar-refractivity contribution is 0.397. The van der Waals surface area contributed by atoms with Crippen molar-refractivity contribution in [3.63, 3.8) is 0 Å². The van der Waals surface area contributed by atoms with Gasteiger partial charge in [0.25, 0.3) is 10.0 Å². The summed E-state index contributed by atoms with van der Waals surface area (Å²) in [6.45, 7) is 6.02. The van der Waals surface area contributed by atoms with Gasteiger partial charge in [0.15, 0.2) is 0 Å². The molecule has 0 radical (unpaired) electrons. The van der Waals surface area contributed by atoms with Gasteiger partial charge >= 0.3 is 0 Å². The van der Waals surface area contributed by atoms with E-state index in [9.17, 15) is 8.42 Å². The highest BCUT2D eigenvalue weighted by atomic mass is 32.2. The normalized spacial score (nSPS) is 12.0. The first-order valence-electron chi connectivity index (χ1n) is 6.86. The summed E-state index contributed by atoms with van der Waals surface area (Å²) >= 11 is 0. The molecule has 1 N–H and O–H groups in total. The Kier molecular flexibility index (Phi) is 4.42. The Morgan fingerprint density at radius 3 is 2.41 bits per heavy atom. The summed E-state index contributed by atoms with van der Waals surface area (Å²) in [4.78, 5) is 4.16. The van der Waals surface area contributed by atoms with Crippen LogP contribution in [0.1, 0.15) is 26.3 Å². The molecule has 0 bridgehead atoms. The Morgan fingerprint density at radius 1 is 1.14 bits per heavy atom. The molecular weight excluding hydrogens is 300 g/mol. The van der Waals surface area contributed by atoms with Gasteiger partial charge in [-0.25, -0.2) is 13.4 Å². The van der Waals surface area contributed by atoms with Gasteiger partial charge in [-0.1, -0.05) is 26.8 Å². The van der Waals surface area contributed by atoms with Gasteiger partial charge in [0, 0.05) is 11.8 Å². The molecule has 2 rings (SSSR count). The molecule has 0 spiro atoms. The zero-order valence-electron chi connectivity index (χ0n) is 13.1. The van der Waals surface area contributed by atoms with Crippen LogP contribution < -0.4 is 9.46 Å². The number of methoxy groups -OCH3 is 1. The molecule has 0 fully saturated rings. The first-order valence-corrected chi connectivity index (χ1v) is 8.35. The van der Waals surface area contributed by atoms with E-state index in [1.807, 2.05) is 20.8 Å². The summed E-state index contributed by atoms with van der Waals surface area (Å²) in [5.41, 5.74) is 0.598. The Morgan fingerprint density at radius 2 is 1.86 bits per heavy atom. The molecule has 118 valence electrons. The molecule has 2 aromatic rings. The second kappa shape index (κ2) is 5.96. The minimum atomic E-state index is -3.69. The van der Waals surface area contributed by atoms with E-state index in [0.29, 0.717) is 5.75 Å². The van der Waals surface area contributed by atoms with Crippen molar-refractivity contribution < 1.29 is 13.2 Å². The van der Waals surface area contributed by atoms with Crippen LogP contribution in [0.5, 0.6) is 5.75 Å². The second-order valence-electron chi connectivity index (χ2n) is 5.93. The quantitative estimate of drug-likeness (QED) is 0.939. The van der Waals surface area contributed by atoms with Crippen LogP contribution in [0, 0.1) is 0 Å². The van der Waals surface area contributed by atoms with Crippen molar-refractivity contribution in [2.24, 2.45) is 0 Å². The van der Waals surface area contributed by atoms with E-state index >= 15 is 0 Å². The number of sulfonamides is 1. The van der Waals surface area contributed by atoms with E-state index in [0.717, 1.165) is 5.56 Å². The van der Waals surface area contributed by atoms with Crippen LogP contribution >= 0.6 is 0 Å². The number of hydrogen-bond acceptors (Lipinski definition) is 4.